The van der Waals surface area contributed by atoms with Crippen LogP contribution in [0.4, 0.5) is 0 Å². The lowest BCUT2D eigenvalue weighted by molar-refractivity contribution is 0.648. The number of rotatable bonds is 4. The van der Waals surface area contributed by atoms with Gasteiger partial charge in [-0.3, -0.25) is 0 Å². The van der Waals surface area contributed by atoms with Crippen LogP contribution in [0.5, 0.6) is 0 Å². The molecule has 0 radical (unpaired) electrons. The van der Waals surface area contributed by atoms with Gasteiger partial charge in [0.1, 0.15) is 0 Å². The topological polar surface area (TPSA) is 0 Å². The van der Waals surface area contributed by atoms with Gasteiger partial charge in [-0.1, -0.05) is 151 Å². The van der Waals surface area contributed by atoms with Crippen molar-refractivity contribution in [3.63, 3.8) is 0 Å². The summed E-state index contributed by atoms with van der Waals surface area (Å²) in [7, 11) is 0. The zero-order valence-electron chi connectivity index (χ0n) is 29.9. The first kappa shape index (κ1) is 29.7. The van der Waals surface area contributed by atoms with Crippen LogP contribution >= 0.6 is 0 Å². The molecular weight excluding hydrogens is 601 g/mol. The molecule has 0 bridgehead atoms. The van der Waals surface area contributed by atoms with Gasteiger partial charge in [-0.25, -0.2) is 0 Å². The molecule has 50 heavy (non-hydrogen) atoms. The highest BCUT2D eigenvalue weighted by molar-refractivity contribution is 6.25. The molecule has 242 valence electrons. The maximum atomic E-state index is 2.48. The minimum Gasteiger partial charge on any atom is -0.0625 e. The van der Waals surface area contributed by atoms with Crippen LogP contribution in [0.25, 0.3) is 76.8 Å². The van der Waals surface area contributed by atoms with Crippen molar-refractivity contribution in [2.24, 2.45) is 5.92 Å². The average Bonchev–Trinajstić information content (AvgIpc) is 3.48. The molecule has 8 aromatic rings. The molecule has 0 atom stereocenters. The van der Waals surface area contributed by atoms with E-state index in [0.717, 1.165) is 6.42 Å². The third-order valence-electron chi connectivity index (χ3n) is 12.2. The van der Waals surface area contributed by atoms with Gasteiger partial charge in [-0.15, -0.1) is 0 Å². The molecule has 0 spiro atoms. The van der Waals surface area contributed by atoms with E-state index in [9.17, 15) is 0 Å². The zero-order chi connectivity index (χ0) is 34.1. The van der Waals surface area contributed by atoms with Crippen LogP contribution in [-0.2, 0) is 17.3 Å². The van der Waals surface area contributed by atoms with Crippen molar-refractivity contribution in [2.45, 2.75) is 58.8 Å². The van der Waals surface area contributed by atoms with Gasteiger partial charge < -0.3 is 0 Å². The standard InChI is InChI=1S/C50H42/c1-29(2)23-30-24-35-12-11-31-13-18-37(42-22-17-36(25-30)47(35)48(31)42)34-16-21-41-40-20-15-33(27-45(40)50(5,6)46(41)28-34)32-14-19-39-38-9-7-8-10-43(38)49(3,4)44(39)26-32/h7-22,24-29H,23H2,1-6H3. The van der Waals surface area contributed by atoms with Crippen LogP contribution in [0, 0.1) is 5.92 Å². The summed E-state index contributed by atoms with van der Waals surface area (Å²) in [5, 5.41) is 8.15. The summed E-state index contributed by atoms with van der Waals surface area (Å²) in [6.07, 6.45) is 1.11. The summed E-state index contributed by atoms with van der Waals surface area (Å²) in [5.74, 6) is 0.640. The molecule has 2 aliphatic carbocycles. The summed E-state index contributed by atoms with van der Waals surface area (Å²) in [4.78, 5) is 0. The van der Waals surface area contributed by atoms with Crippen LogP contribution in [0.1, 0.15) is 69.4 Å². The molecule has 0 saturated carbocycles. The van der Waals surface area contributed by atoms with Crippen molar-refractivity contribution in [1.29, 1.82) is 0 Å². The monoisotopic (exact) mass is 642 g/mol. The van der Waals surface area contributed by atoms with Crippen LogP contribution < -0.4 is 0 Å². The molecule has 8 aromatic carbocycles. The van der Waals surface area contributed by atoms with Gasteiger partial charge in [0.2, 0.25) is 0 Å². The molecule has 0 nitrogen and oxygen atoms in total. The van der Waals surface area contributed by atoms with Gasteiger partial charge in [0.15, 0.2) is 0 Å². The van der Waals surface area contributed by atoms with Crippen molar-refractivity contribution in [1.82, 2.24) is 0 Å². The molecule has 0 amide bonds. The smallest absolute Gasteiger partial charge is 0.0159 e. The van der Waals surface area contributed by atoms with Gasteiger partial charge in [0, 0.05) is 10.8 Å². The van der Waals surface area contributed by atoms with E-state index in [1.165, 1.54) is 105 Å². The number of hydrogen-bond acceptors (Lipinski definition) is 0. The fourth-order valence-electron chi connectivity index (χ4n) is 9.69. The Hall–Kier alpha value is -5.20. The quantitative estimate of drug-likeness (QED) is 0.168. The maximum absolute atomic E-state index is 2.48. The van der Waals surface area contributed by atoms with Crippen LogP contribution in [0.2, 0.25) is 0 Å². The molecule has 0 aliphatic heterocycles. The summed E-state index contributed by atoms with van der Waals surface area (Å²) in [5.41, 5.74) is 17.7. The Labute approximate surface area is 295 Å². The molecule has 2 aliphatic rings. The van der Waals surface area contributed by atoms with E-state index in [1.807, 2.05) is 0 Å². The maximum Gasteiger partial charge on any atom is 0.0159 e. The predicted octanol–water partition coefficient (Wildman–Crippen LogP) is 13.7. The number of benzene rings is 8. The highest BCUT2D eigenvalue weighted by Crippen LogP contribution is 2.53. The number of hydrogen-bond donors (Lipinski definition) is 0. The molecule has 0 fully saturated rings. The lowest BCUT2D eigenvalue weighted by Crippen LogP contribution is -2.15. The summed E-state index contributed by atoms with van der Waals surface area (Å²) in [6, 6.07) is 49.3. The second-order valence-electron chi connectivity index (χ2n) is 16.5. The Kier molecular flexibility index (Phi) is 6.04. The Morgan fingerprint density at radius 3 is 1.54 bits per heavy atom. The van der Waals surface area contributed by atoms with Crippen molar-refractivity contribution in [2.75, 3.05) is 0 Å². The Bertz CT molecular complexity index is 2680. The molecule has 0 unspecified atom stereocenters. The minimum atomic E-state index is -0.112. The van der Waals surface area contributed by atoms with Crippen LogP contribution in [0.3, 0.4) is 0 Å². The molecule has 0 aromatic heterocycles. The van der Waals surface area contributed by atoms with Crippen LogP contribution in [-0.4, -0.2) is 0 Å². The van der Waals surface area contributed by atoms with E-state index in [2.05, 4.69) is 169 Å². The Morgan fingerprint density at radius 1 is 0.420 bits per heavy atom. The van der Waals surface area contributed by atoms with Gasteiger partial charge in [0.25, 0.3) is 0 Å². The normalized spacial score (nSPS) is 15.2. The van der Waals surface area contributed by atoms with Crippen molar-refractivity contribution in [3.05, 3.63) is 155 Å². The molecular formula is C50H42. The molecule has 0 heterocycles. The lowest BCUT2D eigenvalue weighted by Gasteiger charge is -2.24. The van der Waals surface area contributed by atoms with Gasteiger partial charge in [-0.2, -0.15) is 0 Å². The number of fused-ring (bicyclic) bond motifs is 6. The fraction of sp³-hybridized carbons (Fsp3) is 0.200. The lowest BCUT2D eigenvalue weighted by atomic mass is 9.79. The highest BCUT2D eigenvalue weighted by atomic mass is 14.4. The Morgan fingerprint density at radius 2 is 0.900 bits per heavy atom. The molecule has 0 heteroatoms. The Balaban J connectivity index is 1.06. The van der Waals surface area contributed by atoms with E-state index in [-0.39, 0.29) is 10.8 Å². The fourth-order valence-corrected chi connectivity index (χ4v) is 9.69. The average molecular weight is 643 g/mol. The van der Waals surface area contributed by atoms with Gasteiger partial charge >= 0.3 is 0 Å². The van der Waals surface area contributed by atoms with E-state index in [4.69, 9.17) is 0 Å². The minimum absolute atomic E-state index is 0.00753. The first-order chi connectivity index (χ1) is 24.1. The molecule has 0 saturated heterocycles. The van der Waals surface area contributed by atoms with E-state index in [0.29, 0.717) is 5.92 Å². The van der Waals surface area contributed by atoms with Crippen molar-refractivity contribution >= 4 is 32.3 Å². The van der Waals surface area contributed by atoms with E-state index >= 15 is 0 Å². The second kappa shape index (κ2) is 10.2. The second-order valence-corrected chi connectivity index (χ2v) is 16.5. The first-order valence-corrected chi connectivity index (χ1v) is 18.3. The van der Waals surface area contributed by atoms with E-state index in [1.54, 1.807) is 0 Å². The largest absolute Gasteiger partial charge is 0.0625 e. The summed E-state index contributed by atoms with van der Waals surface area (Å²) >= 11 is 0. The summed E-state index contributed by atoms with van der Waals surface area (Å²) in [6.45, 7) is 14.2. The molecule has 0 N–H and O–H groups in total. The third kappa shape index (κ3) is 4.06. The predicted molar refractivity (Wildman–Crippen MR) is 215 cm³/mol. The summed E-state index contributed by atoms with van der Waals surface area (Å²) < 4.78 is 0. The SMILES string of the molecule is CC(C)Cc1cc2ccc3ccc(-c4ccc5c(c4)C(C)(C)c4cc(-c6ccc7c(c6)C(C)(C)c6ccccc6-7)ccc4-5)c4ccc(c1)c2c34. The first-order valence-electron chi connectivity index (χ1n) is 18.3. The third-order valence-corrected chi connectivity index (χ3v) is 12.2. The van der Waals surface area contributed by atoms with E-state index < -0.39 is 0 Å². The molecule has 10 rings (SSSR count). The highest BCUT2D eigenvalue weighted by Gasteiger charge is 2.37. The van der Waals surface area contributed by atoms with Gasteiger partial charge in [-0.05, 0) is 135 Å². The van der Waals surface area contributed by atoms with Crippen molar-refractivity contribution in [3.8, 4) is 44.5 Å². The van der Waals surface area contributed by atoms with Gasteiger partial charge in [0.05, 0.1) is 0 Å². The van der Waals surface area contributed by atoms with Crippen LogP contribution in [0.15, 0.2) is 127 Å². The zero-order valence-corrected chi connectivity index (χ0v) is 29.9. The van der Waals surface area contributed by atoms with Crippen molar-refractivity contribution < 1.29 is 0 Å².